The highest BCUT2D eigenvalue weighted by Gasteiger charge is 2.32. The minimum atomic E-state index is -4.91. The fourth-order valence-corrected chi connectivity index (χ4v) is 3.68. The third-order valence-corrected chi connectivity index (χ3v) is 5.26. The Bertz CT molecular complexity index is 900. The summed E-state index contributed by atoms with van der Waals surface area (Å²) >= 11 is 3.15. The van der Waals surface area contributed by atoms with Gasteiger partial charge in [0.05, 0.1) is 4.90 Å². The molecule has 0 spiro atoms. The zero-order chi connectivity index (χ0) is 19.5. The number of sulfonamides is 1. The van der Waals surface area contributed by atoms with Crippen molar-refractivity contribution in [2.75, 3.05) is 0 Å². The minimum Gasteiger partial charge on any atom is -0.480 e. The highest BCUT2D eigenvalue weighted by atomic mass is 79.9. The number of ether oxygens (including phenoxy) is 1. The summed E-state index contributed by atoms with van der Waals surface area (Å²) in [5.74, 6) is -2.05. The van der Waals surface area contributed by atoms with Crippen molar-refractivity contribution >= 4 is 31.9 Å². The van der Waals surface area contributed by atoms with E-state index in [1.807, 2.05) is 4.72 Å². The van der Waals surface area contributed by atoms with E-state index < -0.39 is 39.0 Å². The SMILES string of the molecule is O=C(O)C(NS(=O)(=O)c1ccc(OC(F)(F)F)cc1)c1ccccc1Br. The lowest BCUT2D eigenvalue weighted by molar-refractivity contribution is -0.274. The topological polar surface area (TPSA) is 92.7 Å². The molecule has 6 nitrogen and oxygen atoms in total. The smallest absolute Gasteiger partial charge is 0.480 e. The molecule has 0 bridgehead atoms. The van der Waals surface area contributed by atoms with Crippen LogP contribution in [0.4, 0.5) is 13.2 Å². The molecule has 140 valence electrons. The van der Waals surface area contributed by atoms with Gasteiger partial charge >= 0.3 is 12.3 Å². The normalized spacial score (nSPS) is 13.2. The van der Waals surface area contributed by atoms with Crippen molar-refractivity contribution < 1.29 is 36.2 Å². The summed E-state index contributed by atoms with van der Waals surface area (Å²) < 4.78 is 67.2. The molecule has 0 aliphatic heterocycles. The van der Waals surface area contributed by atoms with Gasteiger partial charge in [0, 0.05) is 4.47 Å². The Labute approximate surface area is 154 Å². The summed E-state index contributed by atoms with van der Waals surface area (Å²) in [4.78, 5) is 11.1. The monoisotopic (exact) mass is 453 g/mol. The van der Waals surface area contributed by atoms with Gasteiger partial charge in [0.2, 0.25) is 10.0 Å². The van der Waals surface area contributed by atoms with Gasteiger partial charge in [-0.05, 0) is 35.9 Å². The van der Waals surface area contributed by atoms with E-state index in [1.54, 1.807) is 12.1 Å². The number of alkyl halides is 3. The van der Waals surface area contributed by atoms with E-state index in [9.17, 15) is 31.5 Å². The summed E-state index contributed by atoms with van der Waals surface area (Å²) in [6.07, 6.45) is -4.91. The predicted octanol–water partition coefficient (Wildman–Crippen LogP) is 3.45. The third kappa shape index (κ3) is 5.19. The molecule has 2 aromatic carbocycles. The minimum absolute atomic E-state index is 0.167. The summed E-state index contributed by atoms with van der Waals surface area (Å²) in [6, 6.07) is 7.92. The van der Waals surface area contributed by atoms with Crippen molar-refractivity contribution in [1.29, 1.82) is 0 Å². The second-order valence-corrected chi connectivity index (χ2v) is 7.50. The molecule has 0 amide bonds. The van der Waals surface area contributed by atoms with Crippen molar-refractivity contribution in [2.24, 2.45) is 0 Å². The molecule has 0 aliphatic rings. The second kappa shape index (κ2) is 7.64. The lowest BCUT2D eigenvalue weighted by atomic mass is 10.1. The Balaban J connectivity index is 2.28. The van der Waals surface area contributed by atoms with E-state index >= 15 is 0 Å². The molecule has 2 rings (SSSR count). The van der Waals surface area contributed by atoms with Crippen molar-refractivity contribution in [3.63, 3.8) is 0 Å². The molecule has 1 unspecified atom stereocenters. The van der Waals surface area contributed by atoms with Crippen LogP contribution in [0.25, 0.3) is 0 Å². The van der Waals surface area contributed by atoms with E-state index in [4.69, 9.17) is 0 Å². The van der Waals surface area contributed by atoms with Crippen LogP contribution in [0.1, 0.15) is 11.6 Å². The van der Waals surface area contributed by atoms with Gasteiger partial charge in [-0.2, -0.15) is 4.72 Å². The fourth-order valence-electron chi connectivity index (χ4n) is 2.00. The van der Waals surface area contributed by atoms with Crippen LogP contribution >= 0.6 is 15.9 Å². The highest BCUT2D eigenvalue weighted by Crippen LogP contribution is 2.27. The predicted molar refractivity (Wildman–Crippen MR) is 88.0 cm³/mol. The van der Waals surface area contributed by atoms with Gasteiger partial charge in [0.15, 0.2) is 0 Å². The molecular weight excluding hydrogens is 443 g/mol. The summed E-state index contributed by atoms with van der Waals surface area (Å²) in [5.41, 5.74) is 0.167. The van der Waals surface area contributed by atoms with Gasteiger partial charge in [-0.3, -0.25) is 4.79 Å². The number of carbonyl (C=O) groups is 1. The maximum atomic E-state index is 12.4. The first-order valence-electron chi connectivity index (χ1n) is 6.85. The Kier molecular flexibility index (Phi) is 5.94. The van der Waals surface area contributed by atoms with Gasteiger partial charge in [-0.25, -0.2) is 8.42 Å². The molecule has 0 fully saturated rings. The lowest BCUT2D eigenvalue weighted by Gasteiger charge is -2.17. The van der Waals surface area contributed by atoms with Crippen molar-refractivity contribution in [3.05, 3.63) is 58.6 Å². The highest BCUT2D eigenvalue weighted by molar-refractivity contribution is 9.10. The number of benzene rings is 2. The first-order valence-corrected chi connectivity index (χ1v) is 9.12. The molecule has 0 aromatic heterocycles. The summed E-state index contributed by atoms with van der Waals surface area (Å²) in [7, 11) is -4.32. The van der Waals surface area contributed by atoms with Crippen molar-refractivity contribution in [2.45, 2.75) is 17.3 Å². The molecular formula is C15H11BrF3NO5S. The Morgan fingerprint density at radius 3 is 2.19 bits per heavy atom. The number of halogens is 4. The van der Waals surface area contributed by atoms with Crippen LogP contribution in [-0.4, -0.2) is 25.9 Å². The molecule has 1 atom stereocenters. The standard InChI is InChI=1S/C15H11BrF3NO5S/c16-12-4-2-1-3-11(12)13(14(21)22)20-26(23,24)10-7-5-9(6-8-10)25-15(17,18)19/h1-8,13,20H,(H,21,22). The quantitative estimate of drug-likeness (QED) is 0.698. The molecule has 26 heavy (non-hydrogen) atoms. The molecule has 0 aliphatic carbocycles. The Hall–Kier alpha value is -2.11. The van der Waals surface area contributed by atoms with Crippen molar-refractivity contribution in [1.82, 2.24) is 4.72 Å². The largest absolute Gasteiger partial charge is 0.573 e. The van der Waals surface area contributed by atoms with E-state index in [2.05, 4.69) is 20.7 Å². The number of rotatable bonds is 6. The number of carboxylic acid groups (broad SMARTS) is 1. The molecule has 2 aromatic rings. The van der Waals surface area contributed by atoms with Crippen LogP contribution in [0.15, 0.2) is 57.9 Å². The average molecular weight is 454 g/mol. The fraction of sp³-hybridized carbons (Fsp3) is 0.133. The zero-order valence-electron chi connectivity index (χ0n) is 12.7. The number of nitrogens with one attached hydrogen (secondary N) is 1. The number of carboxylic acids is 1. The van der Waals surface area contributed by atoms with E-state index in [1.165, 1.54) is 12.1 Å². The number of hydrogen-bond acceptors (Lipinski definition) is 4. The van der Waals surface area contributed by atoms with Gasteiger partial charge in [0.25, 0.3) is 0 Å². The van der Waals surface area contributed by atoms with E-state index in [0.717, 1.165) is 24.3 Å². The van der Waals surface area contributed by atoms with Crippen molar-refractivity contribution in [3.8, 4) is 5.75 Å². The third-order valence-electron chi connectivity index (χ3n) is 3.10. The molecule has 0 radical (unpaired) electrons. The van der Waals surface area contributed by atoms with Gasteiger partial charge in [-0.1, -0.05) is 34.1 Å². The summed E-state index contributed by atoms with van der Waals surface area (Å²) in [5, 5.41) is 9.34. The van der Waals surface area contributed by atoms with E-state index in [-0.39, 0.29) is 5.56 Å². The molecule has 0 saturated heterocycles. The maximum Gasteiger partial charge on any atom is 0.573 e. The number of aliphatic carboxylic acids is 1. The van der Waals surface area contributed by atoms with Gasteiger partial charge in [-0.15, -0.1) is 13.2 Å². The van der Waals surface area contributed by atoms with Crippen LogP contribution < -0.4 is 9.46 Å². The first kappa shape index (κ1) is 20.2. The Morgan fingerprint density at radius 1 is 1.12 bits per heavy atom. The van der Waals surface area contributed by atoms with Gasteiger partial charge < -0.3 is 9.84 Å². The molecule has 0 saturated carbocycles. The van der Waals surface area contributed by atoms with Crippen LogP contribution in [0.2, 0.25) is 0 Å². The van der Waals surface area contributed by atoms with Crippen LogP contribution in [0.3, 0.4) is 0 Å². The number of hydrogen-bond donors (Lipinski definition) is 2. The lowest BCUT2D eigenvalue weighted by Crippen LogP contribution is -2.34. The van der Waals surface area contributed by atoms with E-state index in [0.29, 0.717) is 4.47 Å². The zero-order valence-corrected chi connectivity index (χ0v) is 15.1. The Morgan fingerprint density at radius 2 is 1.69 bits per heavy atom. The molecule has 2 N–H and O–H groups in total. The van der Waals surface area contributed by atoms with Crippen LogP contribution in [0, 0.1) is 0 Å². The summed E-state index contributed by atoms with van der Waals surface area (Å²) in [6.45, 7) is 0. The first-order chi connectivity index (χ1) is 12.0. The molecule has 11 heteroatoms. The van der Waals surface area contributed by atoms with Gasteiger partial charge in [0.1, 0.15) is 11.8 Å². The maximum absolute atomic E-state index is 12.4. The second-order valence-electron chi connectivity index (χ2n) is 4.93. The molecule has 0 heterocycles. The average Bonchev–Trinajstić information content (AvgIpc) is 2.52. The van der Waals surface area contributed by atoms with Crippen LogP contribution in [0.5, 0.6) is 5.75 Å². The van der Waals surface area contributed by atoms with Crippen LogP contribution in [-0.2, 0) is 14.8 Å².